The first-order valence-electron chi connectivity index (χ1n) is 9.69. The van der Waals surface area contributed by atoms with Crippen molar-refractivity contribution in [3.8, 4) is 0 Å². The quantitative estimate of drug-likeness (QED) is 0.759. The number of ketones is 1. The second kappa shape index (κ2) is 9.94. The number of likely N-dealkylation sites (tertiary alicyclic amines) is 1. The Morgan fingerprint density at radius 2 is 1.76 bits per heavy atom. The fourth-order valence-electron chi connectivity index (χ4n) is 3.47. The summed E-state index contributed by atoms with van der Waals surface area (Å²) in [6, 6.07) is 14.0. The van der Waals surface area contributed by atoms with Gasteiger partial charge in [0.25, 0.3) is 0 Å². The molecule has 150 valence electrons. The van der Waals surface area contributed by atoms with E-state index in [0.717, 1.165) is 29.5 Å². The minimum atomic E-state index is -0.515. The Morgan fingerprint density at radius 1 is 1.07 bits per heavy atom. The molecule has 0 radical (unpaired) electrons. The van der Waals surface area contributed by atoms with E-state index in [1.165, 1.54) is 18.2 Å². The van der Waals surface area contributed by atoms with Gasteiger partial charge < -0.3 is 10.0 Å². The summed E-state index contributed by atoms with van der Waals surface area (Å²) in [5, 5.41) is 8.77. The van der Waals surface area contributed by atoms with Crippen LogP contribution in [0.1, 0.15) is 35.4 Å². The van der Waals surface area contributed by atoms with E-state index in [1.54, 1.807) is 30.4 Å². The summed E-state index contributed by atoms with van der Waals surface area (Å²) < 4.78 is 13.1. The van der Waals surface area contributed by atoms with E-state index in [0.29, 0.717) is 13.1 Å². The standard InChI is InChI=1S/C24H24FNO3/c25-22-10-8-20(9-11-22)21-5-2-14-26(16-21)24(29)13-7-19-4-1-3-18(15-19)6-12-23(28)17-27/h1,3-4,6-13,15,21,27H,2,5,14,16-17H2/b12-6+,13-7+. The Labute approximate surface area is 170 Å². The van der Waals surface area contributed by atoms with Gasteiger partial charge in [-0.3, -0.25) is 9.59 Å². The molecular weight excluding hydrogens is 369 g/mol. The molecule has 1 saturated heterocycles. The summed E-state index contributed by atoms with van der Waals surface area (Å²) in [6.45, 7) is 0.827. The van der Waals surface area contributed by atoms with Gasteiger partial charge in [-0.2, -0.15) is 0 Å². The van der Waals surface area contributed by atoms with E-state index >= 15 is 0 Å². The molecule has 1 atom stereocenters. The Bertz CT molecular complexity index is 918. The number of amides is 1. The molecule has 1 heterocycles. The van der Waals surface area contributed by atoms with E-state index in [9.17, 15) is 14.0 Å². The fourth-order valence-corrected chi connectivity index (χ4v) is 3.47. The molecule has 1 fully saturated rings. The van der Waals surface area contributed by atoms with Crippen LogP contribution >= 0.6 is 0 Å². The van der Waals surface area contributed by atoms with Crippen LogP contribution in [-0.2, 0) is 9.59 Å². The highest BCUT2D eigenvalue weighted by atomic mass is 19.1. The number of hydrogen-bond donors (Lipinski definition) is 1. The molecule has 5 heteroatoms. The van der Waals surface area contributed by atoms with Gasteiger partial charge >= 0.3 is 0 Å². The molecule has 1 N–H and O–H groups in total. The third-order valence-electron chi connectivity index (χ3n) is 5.02. The van der Waals surface area contributed by atoms with E-state index in [-0.39, 0.29) is 23.4 Å². The summed E-state index contributed by atoms with van der Waals surface area (Å²) >= 11 is 0. The number of aliphatic hydroxyl groups excluding tert-OH is 1. The van der Waals surface area contributed by atoms with E-state index in [2.05, 4.69) is 0 Å². The molecule has 1 aliphatic rings. The normalized spacial score (nSPS) is 17.2. The molecule has 2 aromatic carbocycles. The number of benzene rings is 2. The maximum absolute atomic E-state index is 13.1. The lowest BCUT2D eigenvalue weighted by atomic mass is 9.90. The second-order valence-electron chi connectivity index (χ2n) is 7.14. The topological polar surface area (TPSA) is 57.6 Å². The monoisotopic (exact) mass is 393 g/mol. The number of piperidine rings is 1. The van der Waals surface area contributed by atoms with Crippen LogP contribution in [-0.4, -0.2) is 41.4 Å². The van der Waals surface area contributed by atoms with Crippen molar-refractivity contribution in [2.24, 2.45) is 0 Å². The van der Waals surface area contributed by atoms with Gasteiger partial charge in [-0.15, -0.1) is 0 Å². The first-order valence-corrected chi connectivity index (χ1v) is 9.69. The molecule has 4 nitrogen and oxygen atoms in total. The van der Waals surface area contributed by atoms with Gasteiger partial charge in [0.15, 0.2) is 5.78 Å². The second-order valence-corrected chi connectivity index (χ2v) is 7.14. The molecule has 0 spiro atoms. The molecule has 1 amide bonds. The van der Waals surface area contributed by atoms with Crippen molar-refractivity contribution in [3.05, 3.63) is 83.2 Å². The van der Waals surface area contributed by atoms with E-state index in [1.807, 2.05) is 29.2 Å². The van der Waals surface area contributed by atoms with Crippen molar-refractivity contribution in [2.75, 3.05) is 19.7 Å². The van der Waals surface area contributed by atoms with Gasteiger partial charge in [-0.1, -0.05) is 36.4 Å². The summed E-state index contributed by atoms with van der Waals surface area (Å²) in [4.78, 5) is 25.7. The van der Waals surface area contributed by atoms with Crippen molar-refractivity contribution < 1.29 is 19.1 Å². The van der Waals surface area contributed by atoms with Crippen LogP contribution in [0.4, 0.5) is 4.39 Å². The predicted molar refractivity (Wildman–Crippen MR) is 112 cm³/mol. The third kappa shape index (κ3) is 5.96. The van der Waals surface area contributed by atoms with Gasteiger partial charge in [-0.05, 0) is 59.9 Å². The van der Waals surface area contributed by atoms with Crippen molar-refractivity contribution in [3.63, 3.8) is 0 Å². The number of aliphatic hydroxyl groups is 1. The van der Waals surface area contributed by atoms with Gasteiger partial charge in [0.1, 0.15) is 12.4 Å². The number of hydrogen-bond acceptors (Lipinski definition) is 3. The Hall–Kier alpha value is -3.05. The summed E-state index contributed by atoms with van der Waals surface area (Å²) in [6.07, 6.45) is 8.19. The molecule has 3 rings (SSSR count). The fraction of sp³-hybridized carbons (Fsp3) is 0.250. The molecule has 0 aliphatic carbocycles. The lowest BCUT2D eigenvalue weighted by Crippen LogP contribution is -2.38. The van der Waals surface area contributed by atoms with Crippen LogP contribution in [0, 0.1) is 5.82 Å². The smallest absolute Gasteiger partial charge is 0.246 e. The molecule has 29 heavy (non-hydrogen) atoms. The van der Waals surface area contributed by atoms with Crippen LogP contribution in [0.5, 0.6) is 0 Å². The lowest BCUT2D eigenvalue weighted by molar-refractivity contribution is -0.127. The molecule has 0 bridgehead atoms. The lowest BCUT2D eigenvalue weighted by Gasteiger charge is -2.32. The van der Waals surface area contributed by atoms with Crippen LogP contribution in [0.3, 0.4) is 0 Å². The molecular formula is C24H24FNO3. The first-order chi connectivity index (χ1) is 14.0. The number of nitrogens with zero attached hydrogens (tertiary/aromatic N) is 1. The molecule has 2 aromatic rings. The predicted octanol–water partition coefficient (Wildman–Crippen LogP) is 3.82. The largest absolute Gasteiger partial charge is 0.388 e. The molecule has 0 aromatic heterocycles. The van der Waals surface area contributed by atoms with Crippen molar-refractivity contribution in [1.82, 2.24) is 4.90 Å². The van der Waals surface area contributed by atoms with Crippen LogP contribution in [0.25, 0.3) is 12.2 Å². The van der Waals surface area contributed by atoms with Crippen LogP contribution in [0.15, 0.2) is 60.7 Å². The van der Waals surface area contributed by atoms with Crippen molar-refractivity contribution in [1.29, 1.82) is 0 Å². The molecule has 1 aliphatic heterocycles. The highest BCUT2D eigenvalue weighted by Gasteiger charge is 2.23. The third-order valence-corrected chi connectivity index (χ3v) is 5.02. The average molecular weight is 393 g/mol. The highest BCUT2D eigenvalue weighted by Crippen LogP contribution is 2.27. The number of carbonyl (C=O) groups excluding carboxylic acids is 2. The van der Waals surface area contributed by atoms with Crippen LogP contribution in [0.2, 0.25) is 0 Å². The van der Waals surface area contributed by atoms with Gasteiger partial charge in [0.05, 0.1) is 0 Å². The number of halogens is 1. The molecule has 0 saturated carbocycles. The van der Waals surface area contributed by atoms with Crippen molar-refractivity contribution >= 4 is 23.8 Å². The number of rotatable bonds is 6. The van der Waals surface area contributed by atoms with E-state index < -0.39 is 6.61 Å². The first kappa shape index (κ1) is 20.7. The molecule has 1 unspecified atom stereocenters. The van der Waals surface area contributed by atoms with Gasteiger partial charge in [0, 0.05) is 25.1 Å². The zero-order valence-corrected chi connectivity index (χ0v) is 16.1. The maximum Gasteiger partial charge on any atom is 0.246 e. The van der Waals surface area contributed by atoms with Crippen molar-refractivity contribution in [2.45, 2.75) is 18.8 Å². The SMILES string of the molecule is O=C(/C=C/c1cccc(/C=C/C(=O)N2CCCC(c3ccc(F)cc3)C2)c1)CO. The Balaban J connectivity index is 1.63. The summed E-state index contributed by atoms with van der Waals surface area (Å²) in [5.74, 6) is -0.437. The number of carbonyl (C=O) groups is 2. The van der Waals surface area contributed by atoms with Gasteiger partial charge in [-0.25, -0.2) is 4.39 Å². The zero-order chi connectivity index (χ0) is 20.6. The maximum atomic E-state index is 13.1. The average Bonchev–Trinajstić information content (AvgIpc) is 2.76. The Kier molecular flexibility index (Phi) is 7.09. The minimum absolute atomic E-state index is 0.0479. The highest BCUT2D eigenvalue weighted by molar-refractivity contribution is 5.94. The Morgan fingerprint density at radius 3 is 2.45 bits per heavy atom. The minimum Gasteiger partial charge on any atom is -0.388 e. The van der Waals surface area contributed by atoms with Gasteiger partial charge in [0.2, 0.25) is 5.91 Å². The zero-order valence-electron chi connectivity index (χ0n) is 16.1. The van der Waals surface area contributed by atoms with E-state index in [4.69, 9.17) is 5.11 Å². The van der Waals surface area contributed by atoms with Crippen LogP contribution < -0.4 is 0 Å². The summed E-state index contributed by atoms with van der Waals surface area (Å²) in [7, 11) is 0. The summed E-state index contributed by atoms with van der Waals surface area (Å²) in [5.41, 5.74) is 2.73.